The van der Waals surface area contributed by atoms with Crippen LogP contribution in [0.4, 0.5) is 0 Å². The van der Waals surface area contributed by atoms with Crippen LogP contribution in [0.2, 0.25) is 0 Å². The molecule has 6 nitrogen and oxygen atoms in total. The quantitative estimate of drug-likeness (QED) is 0.0261. The van der Waals surface area contributed by atoms with E-state index in [-0.39, 0.29) is 31.6 Å². The van der Waals surface area contributed by atoms with Crippen molar-refractivity contribution < 1.29 is 28.6 Å². The summed E-state index contributed by atoms with van der Waals surface area (Å²) in [5.41, 5.74) is 0. The molecule has 0 spiro atoms. The number of unbranched alkanes of at least 4 members (excludes halogenated alkanes) is 24. The molecule has 0 heterocycles. The molecule has 0 aromatic carbocycles. The number of hydrogen-bond acceptors (Lipinski definition) is 6. The number of hydrogen-bond donors (Lipinski definition) is 0. The zero-order valence-electron chi connectivity index (χ0n) is 49.9. The number of carbonyl (C=O) groups excluding carboxylic acids is 3. The molecule has 0 saturated heterocycles. The Bertz CT molecular complexity index is 1650. The molecule has 6 heteroatoms. The first-order valence-corrected chi connectivity index (χ1v) is 31.7. The highest BCUT2D eigenvalue weighted by molar-refractivity contribution is 5.72. The second-order valence-corrected chi connectivity index (χ2v) is 20.6. The fourth-order valence-electron chi connectivity index (χ4n) is 8.52. The average molecular weight is 1070 g/mol. The van der Waals surface area contributed by atoms with Crippen LogP contribution < -0.4 is 0 Å². The van der Waals surface area contributed by atoms with Gasteiger partial charge in [0, 0.05) is 12.8 Å². The summed E-state index contributed by atoms with van der Waals surface area (Å²) in [6.45, 7) is 6.31. The van der Waals surface area contributed by atoms with Crippen molar-refractivity contribution in [3.63, 3.8) is 0 Å². The number of esters is 3. The molecule has 436 valence electrons. The molecular weight excluding hydrogens is 949 g/mol. The molecule has 0 aromatic rings. The van der Waals surface area contributed by atoms with Crippen molar-refractivity contribution in [1.82, 2.24) is 0 Å². The van der Waals surface area contributed by atoms with Crippen molar-refractivity contribution in [2.75, 3.05) is 13.2 Å². The number of carbonyl (C=O) groups is 3. The van der Waals surface area contributed by atoms with E-state index in [1.54, 1.807) is 6.08 Å². The van der Waals surface area contributed by atoms with Gasteiger partial charge in [-0.25, -0.2) is 0 Å². The number of ether oxygens (including phenoxy) is 3. The molecular formula is C71H116O6. The van der Waals surface area contributed by atoms with Crippen LogP contribution in [0, 0.1) is 0 Å². The van der Waals surface area contributed by atoms with Gasteiger partial charge in [-0.1, -0.05) is 296 Å². The fourth-order valence-corrected chi connectivity index (χ4v) is 8.52. The molecule has 0 rings (SSSR count). The fraction of sp³-hybridized carbons (Fsp3) is 0.648. The van der Waals surface area contributed by atoms with Gasteiger partial charge < -0.3 is 14.2 Å². The number of allylic oxidation sites excluding steroid dienone is 21. The molecule has 0 radical (unpaired) electrons. The topological polar surface area (TPSA) is 78.9 Å². The minimum atomic E-state index is -0.832. The SMILES string of the molecule is CC/C=C\C/C=C\C/C=C\C/C=C\C/C=C\C/C=C\CCCCCCCCCCCCCCCCCCC(=O)OCC(COC(=O)CCCCCCCCCCC)OC(=O)C/C=C\C/C=C\C/C=C\C/C=C\C/C=C\CC. The van der Waals surface area contributed by atoms with Crippen LogP contribution in [0.25, 0.3) is 0 Å². The summed E-state index contributed by atoms with van der Waals surface area (Å²) in [6.07, 6.45) is 90.8. The first-order valence-electron chi connectivity index (χ1n) is 31.7. The van der Waals surface area contributed by atoms with E-state index >= 15 is 0 Å². The van der Waals surface area contributed by atoms with E-state index < -0.39 is 12.1 Å². The third-order valence-electron chi connectivity index (χ3n) is 13.2. The van der Waals surface area contributed by atoms with Crippen molar-refractivity contribution >= 4 is 17.9 Å². The zero-order chi connectivity index (χ0) is 55.7. The Morgan fingerprint density at radius 2 is 0.545 bits per heavy atom. The van der Waals surface area contributed by atoms with Crippen LogP contribution in [0.15, 0.2) is 134 Å². The summed E-state index contributed by atoms with van der Waals surface area (Å²) in [5.74, 6) is -1.05. The molecule has 1 unspecified atom stereocenters. The lowest BCUT2D eigenvalue weighted by Gasteiger charge is -2.18. The molecule has 0 aromatic heterocycles. The summed E-state index contributed by atoms with van der Waals surface area (Å²) in [5, 5.41) is 0. The average Bonchev–Trinajstić information content (AvgIpc) is 3.43. The standard InChI is InChI=1S/C71H116O6/c1-4-7-10-13-16-19-21-23-25-26-27-28-29-30-31-32-33-34-35-36-37-38-39-40-41-42-43-44-46-47-49-52-55-58-61-64-70(73)76-67-68(66-75-69(72)63-60-57-54-51-18-15-12-9-6-3)77-71(74)65-62-59-56-53-50-48-45-24-22-20-17-14-11-8-5-2/h7-8,10-11,16-17,19-20,23-25,27-28,30-31,33-34,45,50,53,59,62,68H,4-6,9,12-15,18,21-22,26,29,32,35-44,46-49,51-52,54-58,60-61,63-67H2,1-3H3/b10-7-,11-8-,19-16-,20-17-,25-23-,28-27-,31-30-,34-33-,45-24-,53-50-,62-59-. The summed E-state index contributed by atoms with van der Waals surface area (Å²) >= 11 is 0. The van der Waals surface area contributed by atoms with E-state index in [1.807, 2.05) is 6.08 Å². The Morgan fingerprint density at radius 3 is 0.857 bits per heavy atom. The van der Waals surface area contributed by atoms with Crippen molar-refractivity contribution in [3.8, 4) is 0 Å². The Hall–Kier alpha value is -4.45. The minimum absolute atomic E-state index is 0.0957. The first-order chi connectivity index (χ1) is 38.0. The molecule has 0 saturated carbocycles. The summed E-state index contributed by atoms with van der Waals surface area (Å²) < 4.78 is 16.7. The van der Waals surface area contributed by atoms with E-state index in [2.05, 4.69) is 142 Å². The van der Waals surface area contributed by atoms with Gasteiger partial charge in [0.25, 0.3) is 0 Å². The van der Waals surface area contributed by atoms with E-state index in [4.69, 9.17) is 14.2 Å². The summed E-state index contributed by atoms with van der Waals surface area (Å²) in [7, 11) is 0. The molecule has 0 aliphatic rings. The minimum Gasteiger partial charge on any atom is -0.462 e. The van der Waals surface area contributed by atoms with Gasteiger partial charge in [0.15, 0.2) is 6.10 Å². The Kier molecular flexibility index (Phi) is 60.4. The van der Waals surface area contributed by atoms with Crippen LogP contribution in [0.5, 0.6) is 0 Å². The highest BCUT2D eigenvalue weighted by Crippen LogP contribution is 2.16. The predicted molar refractivity (Wildman–Crippen MR) is 334 cm³/mol. The molecule has 0 amide bonds. The van der Waals surface area contributed by atoms with Gasteiger partial charge in [-0.05, 0) is 96.3 Å². The lowest BCUT2D eigenvalue weighted by molar-refractivity contribution is -0.166. The molecule has 1 atom stereocenters. The van der Waals surface area contributed by atoms with Gasteiger partial charge in [0.1, 0.15) is 13.2 Å². The lowest BCUT2D eigenvalue weighted by Crippen LogP contribution is -2.30. The van der Waals surface area contributed by atoms with Gasteiger partial charge >= 0.3 is 17.9 Å². The maximum absolute atomic E-state index is 12.8. The van der Waals surface area contributed by atoms with Gasteiger partial charge in [-0.15, -0.1) is 0 Å². The predicted octanol–water partition coefficient (Wildman–Crippen LogP) is 21.8. The Morgan fingerprint density at radius 1 is 0.286 bits per heavy atom. The molecule has 0 aliphatic carbocycles. The van der Waals surface area contributed by atoms with Gasteiger partial charge in [0.05, 0.1) is 6.42 Å². The smallest absolute Gasteiger partial charge is 0.310 e. The second-order valence-electron chi connectivity index (χ2n) is 20.6. The maximum Gasteiger partial charge on any atom is 0.310 e. The number of rotatable bonds is 56. The van der Waals surface area contributed by atoms with Crippen molar-refractivity contribution in [3.05, 3.63) is 134 Å². The van der Waals surface area contributed by atoms with Crippen LogP contribution in [0.3, 0.4) is 0 Å². The van der Waals surface area contributed by atoms with Crippen molar-refractivity contribution in [1.29, 1.82) is 0 Å². The third kappa shape index (κ3) is 62.3. The molecule has 0 aliphatic heterocycles. The van der Waals surface area contributed by atoms with Crippen LogP contribution in [-0.2, 0) is 28.6 Å². The monoisotopic (exact) mass is 1060 g/mol. The summed E-state index contributed by atoms with van der Waals surface area (Å²) in [6, 6.07) is 0. The largest absolute Gasteiger partial charge is 0.462 e. The maximum atomic E-state index is 12.8. The third-order valence-corrected chi connectivity index (χ3v) is 13.2. The zero-order valence-corrected chi connectivity index (χ0v) is 49.9. The Balaban J connectivity index is 4.13. The van der Waals surface area contributed by atoms with E-state index in [1.165, 1.54) is 128 Å². The lowest BCUT2D eigenvalue weighted by atomic mass is 10.0. The highest BCUT2D eigenvalue weighted by atomic mass is 16.6. The molecule has 0 bridgehead atoms. The van der Waals surface area contributed by atoms with E-state index in [0.717, 1.165) is 109 Å². The first kappa shape index (κ1) is 72.5. The van der Waals surface area contributed by atoms with Gasteiger partial charge in [-0.3, -0.25) is 14.4 Å². The van der Waals surface area contributed by atoms with E-state index in [0.29, 0.717) is 12.8 Å². The normalized spacial score (nSPS) is 13.0. The van der Waals surface area contributed by atoms with Crippen LogP contribution >= 0.6 is 0 Å². The highest BCUT2D eigenvalue weighted by Gasteiger charge is 2.19. The molecule has 0 N–H and O–H groups in total. The van der Waals surface area contributed by atoms with Crippen molar-refractivity contribution in [2.45, 2.75) is 284 Å². The second kappa shape index (κ2) is 64.1. The summed E-state index contributed by atoms with van der Waals surface area (Å²) in [4.78, 5) is 38.0. The van der Waals surface area contributed by atoms with Gasteiger partial charge in [-0.2, -0.15) is 0 Å². The Labute approximate surface area is 475 Å². The molecule has 77 heavy (non-hydrogen) atoms. The van der Waals surface area contributed by atoms with Crippen LogP contribution in [0.1, 0.15) is 278 Å². The van der Waals surface area contributed by atoms with E-state index in [9.17, 15) is 14.4 Å². The molecule has 0 fully saturated rings. The van der Waals surface area contributed by atoms with Crippen LogP contribution in [-0.4, -0.2) is 37.2 Å². The van der Waals surface area contributed by atoms with Crippen molar-refractivity contribution in [2.24, 2.45) is 0 Å². The van der Waals surface area contributed by atoms with Gasteiger partial charge in [0.2, 0.25) is 0 Å².